The van der Waals surface area contributed by atoms with Gasteiger partial charge in [0.15, 0.2) is 122 Å². The molecule has 2 aliphatic carbocycles. The van der Waals surface area contributed by atoms with Gasteiger partial charge >= 0.3 is 11.9 Å². The fourth-order valence-electron chi connectivity index (χ4n) is 16.5. The van der Waals surface area contributed by atoms with Gasteiger partial charge in [-0.15, -0.1) is 0 Å². The Balaban J connectivity index is 0.000000147. The SMILES string of the molecule is CC(C)N(CCCn1c(Sc2cc3c(cc2Br)OCO3)nc2c(N)ncnc21)C(=S)Nc1ccc(-c2c3ccc(=O)cc-3oc3cc(O)ccc23)c(C(=O)O)c1.Cc1cc2c(cc1Sc1nc3c(N)ncnc3n1CCCN(C(=S)Nc1ccc(-c3c4ccc(=O)cc-4oc4cc(O)ccc34)c(C(=O)O)c1)C(C)C)OCO2.Cc1cc2c(cc1Sc1nc3c(N)ncnc3n1CCCNC(C)C)OCO2. The number of fused-ring (bicyclic) bond motifs is 10. The molecule has 7 aromatic carbocycles. The number of thiocarbonyl (C=S) groups is 2. The summed E-state index contributed by atoms with van der Waals surface area (Å²) in [5.74, 6) is 3.37. The molecule has 36 nitrogen and oxygen atoms in total. The Morgan fingerprint density at radius 2 is 0.829 bits per heavy atom. The lowest BCUT2D eigenvalue weighted by Crippen LogP contribution is -2.40. The minimum Gasteiger partial charge on any atom is -0.508 e. The van der Waals surface area contributed by atoms with Gasteiger partial charge in [0.05, 0.1) is 11.1 Å². The van der Waals surface area contributed by atoms with Gasteiger partial charge < -0.3 is 114 Å². The van der Waals surface area contributed by atoms with Gasteiger partial charge in [-0.1, -0.05) is 61.3 Å². The molecule has 11 heterocycles. The van der Waals surface area contributed by atoms with E-state index in [0.717, 1.165) is 72.1 Å². The summed E-state index contributed by atoms with van der Waals surface area (Å²) in [6.45, 7) is 21.0. The molecule has 13 aromatic rings. The summed E-state index contributed by atoms with van der Waals surface area (Å²) >= 11 is 20.0. The minimum atomic E-state index is -1.16. The maximum atomic E-state index is 12.8. The number of nitrogens with one attached hydrogen (secondary N) is 3. The monoisotopic (exact) mass is 2040 g/mol. The van der Waals surface area contributed by atoms with Gasteiger partial charge in [-0.05, 0) is 239 Å². The number of halogens is 1. The number of aromatic carboxylic acids is 2. The Bertz CT molecular complexity index is 7460. The molecule has 0 spiro atoms. The van der Waals surface area contributed by atoms with Gasteiger partial charge in [-0.25, -0.2) is 54.4 Å². The van der Waals surface area contributed by atoms with Crippen LogP contribution in [0.15, 0.2) is 218 Å². The summed E-state index contributed by atoms with van der Waals surface area (Å²) in [5.41, 5.74) is 28.4. The van der Waals surface area contributed by atoms with E-state index >= 15 is 0 Å². The summed E-state index contributed by atoms with van der Waals surface area (Å²) in [4.78, 5) is 97.2. The van der Waals surface area contributed by atoms with Crippen molar-refractivity contribution in [3.05, 3.63) is 212 Å². The number of carbonyl (C=O) groups is 2. The van der Waals surface area contributed by atoms with Crippen molar-refractivity contribution in [2.75, 3.05) is 67.8 Å². The second kappa shape index (κ2) is 40.7. The lowest BCUT2D eigenvalue weighted by Gasteiger charge is -2.30. The number of phenolic OH excluding ortho intramolecular Hbond substituents is 2. The van der Waals surface area contributed by atoms with Crippen molar-refractivity contribution in [3.8, 4) is 90.9 Å². The average Bonchev–Trinajstić information content (AvgIpc) is 1.56. The van der Waals surface area contributed by atoms with Crippen LogP contribution in [0.25, 0.3) is 100 Å². The largest absolute Gasteiger partial charge is 0.508 e. The van der Waals surface area contributed by atoms with E-state index in [1.165, 1.54) is 103 Å². The van der Waals surface area contributed by atoms with Gasteiger partial charge in [-0.2, -0.15) is 0 Å². The molecule has 0 saturated heterocycles. The number of aromatic hydroxyl groups is 2. The van der Waals surface area contributed by atoms with E-state index in [1.807, 2.05) is 90.0 Å². The molecule has 0 atom stereocenters. The fraction of sp³-hybridized carbons (Fsp3) is 0.235. The summed E-state index contributed by atoms with van der Waals surface area (Å²) < 4.78 is 52.2. The number of aryl methyl sites for hydroxylation is 5. The van der Waals surface area contributed by atoms with E-state index in [0.29, 0.717) is 195 Å². The highest BCUT2D eigenvalue weighted by Crippen LogP contribution is 2.49. The maximum Gasteiger partial charge on any atom is 0.336 e. The second-order valence-electron chi connectivity index (χ2n) is 33.7. The van der Waals surface area contributed by atoms with Gasteiger partial charge in [-0.3, -0.25) is 9.59 Å². The molecule has 20 rings (SSSR count). The smallest absolute Gasteiger partial charge is 0.336 e. The normalized spacial score (nSPS) is 12.4. The standard InChI is InChI=1S/C40H35N7O7S2.C39H32BrN7O7S2.C19H24N6O2S/c1-20(2)46(11-4-12-47-37-35(36(41)42-18-43-37)45-40(47)56-33-17-32-31(13-21(33)3)52-19-53-32)39(55)44-22-5-8-25(28(14-22)38(50)51)34-26-9-6-23(48)15-29(26)54-30-16-24(49)7-10-27(30)34;1-19(2)46(10-3-11-47-36-34(35(41)42-17-43-36)45-39(47)56-32-16-31-30(15-27(32)40)52-18-53-31)38(55)44-20-4-7-23(26(12-20)37(50)51)33-24-8-5-21(48)13-28(24)54-29-14-22(49)6-9-25(29)33;1-11(2)21-5-4-6-25-18-16(17(20)22-9-23-18)24-19(25)28-15-8-14-13(7-12(15)3)26-10-27-14/h5-10,13-18,20,48H,4,11-12,19H2,1-3H3,(H,44,55)(H,50,51)(H2,41,42,43);4-9,12-17,19,48H,3,10-11,18H2,1-2H3,(H,44,55)(H,50,51)(H2,41,42,43);7-9,11,21H,4-6,10H2,1-3H3,(H2,20,22,23). The fourth-order valence-corrected chi connectivity index (χ4v) is 20.9. The van der Waals surface area contributed by atoms with E-state index in [9.17, 15) is 39.6 Å². The third kappa shape index (κ3) is 20.1. The molecule has 0 fully saturated rings. The van der Waals surface area contributed by atoms with Crippen molar-refractivity contribution < 1.29 is 67.3 Å². The molecule has 716 valence electrons. The zero-order valence-electron chi connectivity index (χ0n) is 76.4. The maximum absolute atomic E-state index is 12.8. The van der Waals surface area contributed by atoms with Gasteiger partial charge in [0.2, 0.25) is 20.4 Å². The first-order chi connectivity index (χ1) is 67.4. The van der Waals surface area contributed by atoms with Crippen molar-refractivity contribution in [2.24, 2.45) is 0 Å². The van der Waals surface area contributed by atoms with Crippen LogP contribution in [0.2, 0.25) is 0 Å². The zero-order chi connectivity index (χ0) is 98.2. The predicted molar refractivity (Wildman–Crippen MR) is 546 cm³/mol. The Morgan fingerprint density at radius 1 is 0.464 bits per heavy atom. The highest BCUT2D eigenvalue weighted by atomic mass is 79.9. The van der Waals surface area contributed by atoms with E-state index < -0.39 is 11.9 Å². The number of nitrogen functional groups attached to an aromatic ring is 3. The van der Waals surface area contributed by atoms with Crippen molar-refractivity contribution in [3.63, 3.8) is 0 Å². The number of carboxylic acid groups (broad SMARTS) is 2. The molecule has 5 aliphatic heterocycles. The number of anilines is 5. The van der Waals surface area contributed by atoms with Crippen LogP contribution >= 0.6 is 75.7 Å². The van der Waals surface area contributed by atoms with Gasteiger partial charge in [0.25, 0.3) is 0 Å². The predicted octanol–water partition coefficient (Wildman–Crippen LogP) is 18.2. The van der Waals surface area contributed by atoms with Crippen LogP contribution in [-0.4, -0.2) is 169 Å². The van der Waals surface area contributed by atoms with Crippen LogP contribution in [0.5, 0.6) is 46.0 Å². The molecule has 0 unspecified atom stereocenters. The number of rotatable bonds is 27. The third-order valence-electron chi connectivity index (χ3n) is 23.3. The van der Waals surface area contributed by atoms with E-state index in [1.54, 1.807) is 60.3 Å². The minimum absolute atomic E-state index is 0.00253. The highest BCUT2D eigenvalue weighted by molar-refractivity contribution is 9.10. The molecule has 7 aliphatic rings. The van der Waals surface area contributed by atoms with Gasteiger partial charge in [0, 0.05) is 139 Å². The molecule has 0 bridgehead atoms. The molecule has 42 heteroatoms. The van der Waals surface area contributed by atoms with Crippen LogP contribution in [0.3, 0.4) is 0 Å². The van der Waals surface area contributed by atoms with Crippen LogP contribution in [0.4, 0.5) is 28.8 Å². The zero-order valence-corrected chi connectivity index (χ0v) is 82.1. The third-order valence-corrected chi connectivity index (χ3v) is 28.2. The molecular weight excluding hydrogens is 1950 g/mol. The number of hydrogen-bond donors (Lipinski definition) is 10. The lowest BCUT2D eigenvalue weighted by atomic mass is 9.90. The number of aromatic nitrogens is 12. The summed E-state index contributed by atoms with van der Waals surface area (Å²) in [6, 6.07) is 40.0. The van der Waals surface area contributed by atoms with Crippen LogP contribution in [0, 0.1) is 13.8 Å². The first-order valence-electron chi connectivity index (χ1n) is 44.3. The summed E-state index contributed by atoms with van der Waals surface area (Å²) in [7, 11) is 0. The molecule has 6 aromatic heterocycles. The quantitative estimate of drug-likeness (QED) is 0.0130. The average molecular weight is 2050 g/mol. The van der Waals surface area contributed by atoms with E-state index in [2.05, 4.69) is 87.1 Å². The number of imidazole rings is 3. The van der Waals surface area contributed by atoms with Crippen molar-refractivity contribution in [1.82, 2.24) is 73.7 Å². The Morgan fingerprint density at radius 3 is 1.21 bits per heavy atom. The van der Waals surface area contributed by atoms with E-state index in [-0.39, 0.29) is 83.3 Å². The number of nitrogens with zero attached hydrogens (tertiary/aromatic N) is 14. The molecule has 0 saturated carbocycles. The molecule has 13 N–H and O–H groups in total. The molecule has 0 amide bonds. The first kappa shape index (κ1) is 95.5. The topological polar surface area (TPSA) is 482 Å². The van der Waals surface area contributed by atoms with Crippen molar-refractivity contribution in [1.29, 1.82) is 0 Å². The number of phenols is 2. The number of nitrogens with two attached hydrogens (primary N) is 3. The van der Waals surface area contributed by atoms with Crippen molar-refractivity contribution in [2.45, 2.75) is 143 Å². The van der Waals surface area contributed by atoms with Crippen LogP contribution in [-0.2, 0) is 19.6 Å². The summed E-state index contributed by atoms with van der Waals surface area (Å²) in [6.07, 6.45) is 6.59. The lowest BCUT2D eigenvalue weighted by molar-refractivity contribution is 0.0687. The second-order valence-corrected chi connectivity index (χ2v) is 38.3. The Hall–Kier alpha value is -14.8. The molecule has 140 heavy (non-hydrogen) atoms. The molecular formula is C98H91BrN20O16S5. The molecule has 0 radical (unpaired) electrons. The van der Waals surface area contributed by atoms with Gasteiger partial charge in [0.1, 0.15) is 53.2 Å². The number of ether oxygens (including phenoxy) is 6. The van der Waals surface area contributed by atoms with E-state index in [4.69, 9.17) is 93.8 Å². The Labute approximate surface area is 830 Å². The van der Waals surface area contributed by atoms with Crippen LogP contribution < -0.4 is 72.4 Å². The van der Waals surface area contributed by atoms with Crippen LogP contribution in [0.1, 0.15) is 92.6 Å². The van der Waals surface area contributed by atoms with Crippen molar-refractivity contribution >= 4 is 182 Å². The highest BCUT2D eigenvalue weighted by Gasteiger charge is 2.31. The number of hydrogen-bond acceptors (Lipinski definition) is 32. The summed E-state index contributed by atoms with van der Waals surface area (Å²) in [5, 5.41) is 55.4. The number of benzene rings is 9. The first-order valence-corrected chi connectivity index (χ1v) is 48.3. The number of carboxylic acids is 2. The Kier molecular flexibility index (Phi) is 27.8.